The predicted molar refractivity (Wildman–Crippen MR) is 63.4 cm³/mol. The van der Waals surface area contributed by atoms with Crippen LogP contribution >= 0.6 is 31.9 Å². The molecule has 1 N–H and O–H groups in total. The average molecular weight is 320 g/mol. The monoisotopic (exact) mass is 318 g/mol. The summed E-state index contributed by atoms with van der Waals surface area (Å²) in [7, 11) is 0. The van der Waals surface area contributed by atoms with E-state index in [9.17, 15) is 4.79 Å². The predicted octanol–water partition coefficient (Wildman–Crippen LogP) is 3.44. The molecule has 74 valence electrons. The minimum absolute atomic E-state index is 0.688. The van der Waals surface area contributed by atoms with Gasteiger partial charge in [0.1, 0.15) is 0 Å². The Labute approximate surface area is 98.9 Å². The molecule has 14 heavy (non-hydrogen) atoms. The molecule has 4 heteroatoms. The summed E-state index contributed by atoms with van der Waals surface area (Å²) in [5.74, 6) is -0.939. The summed E-state index contributed by atoms with van der Waals surface area (Å²) in [6.07, 6.45) is 2.72. The zero-order valence-corrected chi connectivity index (χ0v) is 10.4. The molecular formula is C10H8Br2O2. The number of hydrogen-bond donors (Lipinski definition) is 1. The third-order valence-electron chi connectivity index (χ3n) is 1.69. The van der Waals surface area contributed by atoms with Gasteiger partial charge in [-0.05, 0) is 23.3 Å². The van der Waals surface area contributed by atoms with Gasteiger partial charge in [0, 0.05) is 15.9 Å². The van der Waals surface area contributed by atoms with Gasteiger partial charge in [0.05, 0.1) is 0 Å². The highest BCUT2D eigenvalue weighted by Gasteiger charge is 2.02. The average Bonchev–Trinajstić information content (AvgIpc) is 2.14. The maximum absolute atomic E-state index is 10.3. The number of rotatable bonds is 3. The summed E-state index contributed by atoms with van der Waals surface area (Å²) in [5, 5.41) is 9.19. The van der Waals surface area contributed by atoms with Gasteiger partial charge in [0.25, 0.3) is 0 Å². The van der Waals surface area contributed by atoms with E-state index in [-0.39, 0.29) is 0 Å². The van der Waals surface area contributed by atoms with E-state index in [2.05, 4.69) is 31.9 Å². The molecule has 0 fully saturated rings. The first-order valence-electron chi connectivity index (χ1n) is 3.89. The van der Waals surface area contributed by atoms with E-state index in [1.807, 2.05) is 18.2 Å². The fourth-order valence-electron chi connectivity index (χ4n) is 1.03. The van der Waals surface area contributed by atoms with Gasteiger partial charge in [-0.1, -0.05) is 44.0 Å². The number of carboxylic acid groups (broad SMARTS) is 1. The minimum Gasteiger partial charge on any atom is -0.478 e. The molecule has 0 aromatic heterocycles. The summed E-state index contributed by atoms with van der Waals surface area (Å²) in [5.41, 5.74) is 1.95. The van der Waals surface area contributed by atoms with Crippen LogP contribution in [0.15, 0.2) is 28.7 Å². The van der Waals surface area contributed by atoms with Crippen molar-refractivity contribution in [2.24, 2.45) is 0 Å². The van der Waals surface area contributed by atoms with Gasteiger partial charge in [-0.3, -0.25) is 0 Å². The molecular weight excluding hydrogens is 312 g/mol. The van der Waals surface area contributed by atoms with E-state index in [1.54, 1.807) is 6.08 Å². The molecule has 0 aliphatic carbocycles. The second-order valence-corrected chi connectivity index (χ2v) is 4.03. The standard InChI is InChI=1S/C10H8Br2O2/c11-6-8-7(4-5-10(13)14)2-1-3-9(8)12/h1-5H,6H2,(H,13,14)/b5-4+. The van der Waals surface area contributed by atoms with E-state index in [0.29, 0.717) is 5.33 Å². The molecule has 0 spiro atoms. The molecule has 0 radical (unpaired) electrons. The zero-order valence-electron chi connectivity index (χ0n) is 7.21. The molecule has 1 rings (SSSR count). The van der Waals surface area contributed by atoms with E-state index in [4.69, 9.17) is 5.11 Å². The molecule has 1 aromatic carbocycles. The van der Waals surface area contributed by atoms with E-state index < -0.39 is 5.97 Å². The highest BCUT2D eigenvalue weighted by atomic mass is 79.9. The fourth-order valence-corrected chi connectivity index (χ4v) is 2.56. The zero-order chi connectivity index (χ0) is 10.6. The van der Waals surface area contributed by atoms with Crippen molar-refractivity contribution < 1.29 is 9.90 Å². The van der Waals surface area contributed by atoms with Gasteiger partial charge < -0.3 is 5.11 Å². The Morgan fingerprint density at radius 3 is 2.79 bits per heavy atom. The normalized spacial score (nSPS) is 10.7. The van der Waals surface area contributed by atoms with Crippen LogP contribution in [0, 0.1) is 0 Å². The number of alkyl halides is 1. The van der Waals surface area contributed by atoms with Crippen molar-refractivity contribution >= 4 is 43.9 Å². The molecule has 0 atom stereocenters. The second-order valence-electron chi connectivity index (χ2n) is 2.61. The lowest BCUT2D eigenvalue weighted by Crippen LogP contribution is -1.89. The summed E-state index contributed by atoms with van der Waals surface area (Å²) in [6, 6.07) is 5.67. The van der Waals surface area contributed by atoms with E-state index in [0.717, 1.165) is 21.7 Å². The Hall–Kier alpha value is -0.610. The van der Waals surface area contributed by atoms with Crippen LogP contribution in [-0.4, -0.2) is 11.1 Å². The number of aliphatic carboxylic acids is 1. The second kappa shape index (κ2) is 5.32. The highest BCUT2D eigenvalue weighted by molar-refractivity contribution is 9.10. The molecule has 0 unspecified atom stereocenters. The number of halogens is 2. The van der Waals surface area contributed by atoms with Gasteiger partial charge in [0.2, 0.25) is 0 Å². The van der Waals surface area contributed by atoms with Crippen molar-refractivity contribution in [3.05, 3.63) is 39.9 Å². The third kappa shape index (κ3) is 2.96. The fraction of sp³-hybridized carbons (Fsp3) is 0.100. The van der Waals surface area contributed by atoms with Crippen molar-refractivity contribution in [3.63, 3.8) is 0 Å². The van der Waals surface area contributed by atoms with Gasteiger partial charge in [-0.2, -0.15) is 0 Å². The van der Waals surface area contributed by atoms with Gasteiger partial charge in [-0.25, -0.2) is 4.79 Å². The molecule has 0 aliphatic heterocycles. The van der Waals surface area contributed by atoms with Gasteiger partial charge in [-0.15, -0.1) is 0 Å². The number of benzene rings is 1. The maximum atomic E-state index is 10.3. The third-order valence-corrected chi connectivity index (χ3v) is 3.00. The summed E-state index contributed by atoms with van der Waals surface area (Å²) < 4.78 is 0.974. The van der Waals surface area contributed by atoms with Crippen LogP contribution in [0.25, 0.3) is 6.08 Å². The Bertz CT molecular complexity index is 372. The first-order chi connectivity index (χ1) is 6.65. The van der Waals surface area contributed by atoms with Gasteiger partial charge >= 0.3 is 5.97 Å². The SMILES string of the molecule is O=C(O)/C=C/c1cccc(Br)c1CBr. The Kier molecular flexibility index (Phi) is 4.35. The highest BCUT2D eigenvalue weighted by Crippen LogP contribution is 2.24. The van der Waals surface area contributed by atoms with Crippen molar-refractivity contribution in [1.82, 2.24) is 0 Å². The minimum atomic E-state index is -0.939. The largest absolute Gasteiger partial charge is 0.478 e. The molecule has 0 bridgehead atoms. The van der Waals surface area contributed by atoms with E-state index >= 15 is 0 Å². The molecule has 0 amide bonds. The molecule has 0 aliphatic rings. The first kappa shape index (κ1) is 11.5. The molecule has 0 saturated heterocycles. The van der Waals surface area contributed by atoms with Crippen molar-refractivity contribution in [1.29, 1.82) is 0 Å². The van der Waals surface area contributed by atoms with Crippen LogP contribution in [0.1, 0.15) is 11.1 Å². The molecule has 1 aromatic rings. The summed E-state index contributed by atoms with van der Waals surface area (Å²) >= 11 is 6.76. The Balaban J connectivity index is 3.08. The molecule has 0 saturated carbocycles. The Morgan fingerprint density at radius 1 is 1.50 bits per heavy atom. The van der Waals surface area contributed by atoms with Crippen molar-refractivity contribution in [2.45, 2.75) is 5.33 Å². The lowest BCUT2D eigenvalue weighted by molar-refractivity contribution is -0.131. The summed E-state index contributed by atoms with van der Waals surface area (Å²) in [4.78, 5) is 10.3. The Morgan fingerprint density at radius 2 is 2.21 bits per heavy atom. The van der Waals surface area contributed by atoms with Gasteiger partial charge in [0.15, 0.2) is 0 Å². The topological polar surface area (TPSA) is 37.3 Å². The lowest BCUT2D eigenvalue weighted by atomic mass is 10.1. The molecule has 2 nitrogen and oxygen atoms in total. The van der Waals surface area contributed by atoms with Crippen molar-refractivity contribution in [2.75, 3.05) is 0 Å². The smallest absolute Gasteiger partial charge is 0.328 e. The van der Waals surface area contributed by atoms with Crippen LogP contribution in [0.2, 0.25) is 0 Å². The summed E-state index contributed by atoms with van der Waals surface area (Å²) in [6.45, 7) is 0. The van der Waals surface area contributed by atoms with Crippen LogP contribution in [0.5, 0.6) is 0 Å². The van der Waals surface area contributed by atoms with Crippen LogP contribution in [0.3, 0.4) is 0 Å². The maximum Gasteiger partial charge on any atom is 0.328 e. The lowest BCUT2D eigenvalue weighted by Gasteiger charge is -2.04. The first-order valence-corrected chi connectivity index (χ1v) is 5.81. The number of carboxylic acids is 1. The van der Waals surface area contributed by atoms with Crippen LogP contribution < -0.4 is 0 Å². The van der Waals surface area contributed by atoms with Crippen LogP contribution in [0.4, 0.5) is 0 Å². The van der Waals surface area contributed by atoms with Crippen LogP contribution in [-0.2, 0) is 10.1 Å². The number of hydrogen-bond acceptors (Lipinski definition) is 1. The van der Waals surface area contributed by atoms with E-state index in [1.165, 1.54) is 0 Å². The number of carbonyl (C=O) groups is 1. The quantitative estimate of drug-likeness (QED) is 0.684. The molecule has 0 heterocycles. The van der Waals surface area contributed by atoms with Crippen molar-refractivity contribution in [3.8, 4) is 0 Å².